The number of nitrogen functional groups attached to an aromatic ring is 1. The Labute approximate surface area is 128 Å². The fourth-order valence-corrected chi connectivity index (χ4v) is 3.85. The molecule has 5 nitrogen and oxygen atoms in total. The van der Waals surface area contributed by atoms with Crippen LogP contribution in [0.5, 0.6) is 0 Å². The molecule has 2 N–H and O–H groups in total. The van der Waals surface area contributed by atoms with E-state index in [1.807, 2.05) is 22.9 Å². The van der Waals surface area contributed by atoms with E-state index in [1.165, 1.54) is 9.75 Å². The van der Waals surface area contributed by atoms with Crippen LogP contribution in [0.4, 0.5) is 5.95 Å². The van der Waals surface area contributed by atoms with E-state index >= 15 is 0 Å². The van der Waals surface area contributed by atoms with Gasteiger partial charge in [-0.3, -0.25) is 4.57 Å². The summed E-state index contributed by atoms with van der Waals surface area (Å²) in [6, 6.07) is 4.62. The minimum atomic E-state index is 0.259. The second kappa shape index (κ2) is 5.18. The largest absolute Gasteiger partial charge is 0.369 e. The Morgan fingerprint density at radius 1 is 1.33 bits per heavy atom. The van der Waals surface area contributed by atoms with Gasteiger partial charge in [0.25, 0.3) is 0 Å². The lowest BCUT2D eigenvalue weighted by molar-refractivity contribution is 0.546. The number of anilines is 1. The van der Waals surface area contributed by atoms with Crippen LogP contribution >= 0.6 is 11.3 Å². The molecule has 6 heteroatoms. The van der Waals surface area contributed by atoms with Crippen LogP contribution in [0.1, 0.15) is 35.3 Å². The highest BCUT2D eigenvalue weighted by Crippen LogP contribution is 2.28. The molecule has 0 aliphatic carbocycles. The summed E-state index contributed by atoms with van der Waals surface area (Å²) in [5.41, 5.74) is 9.06. The average molecular weight is 303 g/mol. The average Bonchev–Trinajstić information content (AvgIpc) is 3.06. The van der Waals surface area contributed by atoms with Crippen molar-refractivity contribution < 1.29 is 0 Å². The van der Waals surface area contributed by atoms with Crippen molar-refractivity contribution in [1.29, 1.82) is 0 Å². The molecule has 0 saturated carbocycles. The van der Waals surface area contributed by atoms with Crippen molar-refractivity contribution in [3.05, 3.63) is 27.6 Å². The van der Waals surface area contributed by atoms with Crippen LogP contribution in [-0.4, -0.2) is 19.3 Å². The van der Waals surface area contributed by atoms with Crippen LogP contribution in [0.3, 0.4) is 0 Å². The number of nitrogens with zero attached hydrogens (tertiary/aromatic N) is 4. The van der Waals surface area contributed by atoms with Gasteiger partial charge in [0.15, 0.2) is 5.65 Å². The second-order valence-corrected chi connectivity index (χ2v) is 6.85. The molecule has 21 heavy (non-hydrogen) atoms. The topological polar surface area (TPSA) is 61.7 Å². The molecule has 3 heterocycles. The zero-order valence-electron chi connectivity index (χ0n) is 12.9. The molecular formula is C15H21N5S. The first kappa shape index (κ1) is 14.1. The Kier molecular flexibility index (Phi) is 3.49. The summed E-state index contributed by atoms with van der Waals surface area (Å²) in [5, 5.41) is 4.54. The van der Waals surface area contributed by atoms with Crippen LogP contribution in [0.25, 0.3) is 11.2 Å². The van der Waals surface area contributed by atoms with E-state index in [9.17, 15) is 0 Å². The molecule has 0 aliphatic heterocycles. The van der Waals surface area contributed by atoms with E-state index in [4.69, 9.17) is 5.73 Å². The Bertz CT molecular complexity index is 780. The van der Waals surface area contributed by atoms with Crippen molar-refractivity contribution in [2.75, 3.05) is 5.73 Å². The van der Waals surface area contributed by atoms with Crippen LogP contribution in [0.15, 0.2) is 12.1 Å². The van der Waals surface area contributed by atoms with Crippen LogP contribution in [0.2, 0.25) is 0 Å². The molecule has 0 aliphatic rings. The molecule has 112 valence electrons. The van der Waals surface area contributed by atoms with Gasteiger partial charge >= 0.3 is 0 Å². The minimum Gasteiger partial charge on any atom is -0.369 e. The summed E-state index contributed by atoms with van der Waals surface area (Å²) in [6.07, 6.45) is 0.960. The van der Waals surface area contributed by atoms with Crippen molar-refractivity contribution in [3.63, 3.8) is 0 Å². The number of hydrogen-bond donors (Lipinski definition) is 1. The third-order valence-electron chi connectivity index (χ3n) is 3.80. The number of rotatable bonds is 4. The molecule has 0 fully saturated rings. The number of aryl methyl sites for hydroxylation is 3. The molecule has 0 bridgehead atoms. The molecule has 1 unspecified atom stereocenters. The van der Waals surface area contributed by atoms with Gasteiger partial charge in [0.1, 0.15) is 5.52 Å². The third-order valence-corrected chi connectivity index (χ3v) is 4.83. The quantitative estimate of drug-likeness (QED) is 0.804. The van der Waals surface area contributed by atoms with Crippen molar-refractivity contribution >= 4 is 28.4 Å². The summed E-state index contributed by atoms with van der Waals surface area (Å²) in [6.45, 7) is 9.22. The third kappa shape index (κ3) is 2.33. The number of imidazole rings is 1. The zero-order chi connectivity index (χ0) is 15.1. The normalized spacial score (nSPS) is 13.1. The van der Waals surface area contributed by atoms with E-state index < -0.39 is 0 Å². The molecule has 3 rings (SSSR count). The fourth-order valence-electron chi connectivity index (χ4n) is 2.84. The van der Waals surface area contributed by atoms with E-state index in [1.54, 1.807) is 0 Å². The van der Waals surface area contributed by atoms with Crippen molar-refractivity contribution in [3.8, 4) is 0 Å². The standard InChI is InChI=1S/C15H21N5S/c1-5-19-14-13(11(4)18-19)17-15(16)20(14)9(2)8-12-7-6-10(3)21-12/h6-7,9H,5,8H2,1-4H3,(H2,16,17). The molecular weight excluding hydrogens is 282 g/mol. The van der Waals surface area contributed by atoms with Gasteiger partial charge in [0, 0.05) is 28.8 Å². The lowest BCUT2D eigenvalue weighted by Crippen LogP contribution is -2.14. The van der Waals surface area contributed by atoms with Gasteiger partial charge in [0.05, 0.1) is 5.69 Å². The molecule has 0 saturated heterocycles. The van der Waals surface area contributed by atoms with Gasteiger partial charge in [-0.15, -0.1) is 11.3 Å². The maximum absolute atomic E-state index is 6.16. The highest BCUT2D eigenvalue weighted by atomic mass is 32.1. The number of thiophene rings is 1. The summed E-state index contributed by atoms with van der Waals surface area (Å²) in [4.78, 5) is 7.23. The van der Waals surface area contributed by atoms with Crippen LogP contribution in [0, 0.1) is 13.8 Å². The minimum absolute atomic E-state index is 0.259. The van der Waals surface area contributed by atoms with Crippen molar-refractivity contribution in [2.45, 2.75) is 46.7 Å². The van der Waals surface area contributed by atoms with Gasteiger partial charge in [0.2, 0.25) is 5.95 Å². The Hall–Kier alpha value is -1.82. The number of hydrogen-bond acceptors (Lipinski definition) is 4. The maximum atomic E-state index is 6.16. The second-order valence-electron chi connectivity index (χ2n) is 5.48. The van der Waals surface area contributed by atoms with Crippen LogP contribution in [-0.2, 0) is 13.0 Å². The van der Waals surface area contributed by atoms with Gasteiger partial charge in [-0.25, -0.2) is 9.67 Å². The summed E-state index contributed by atoms with van der Waals surface area (Å²) in [7, 11) is 0. The molecule has 1 atom stereocenters. The van der Waals surface area contributed by atoms with E-state index in [2.05, 4.69) is 47.6 Å². The molecule has 3 aromatic rings. The number of aromatic nitrogens is 4. The van der Waals surface area contributed by atoms with E-state index in [0.29, 0.717) is 5.95 Å². The van der Waals surface area contributed by atoms with Crippen molar-refractivity contribution in [2.24, 2.45) is 0 Å². The molecule has 0 amide bonds. The summed E-state index contributed by atoms with van der Waals surface area (Å²) >= 11 is 1.84. The number of nitrogens with two attached hydrogens (primary N) is 1. The Morgan fingerprint density at radius 2 is 2.10 bits per heavy atom. The van der Waals surface area contributed by atoms with E-state index in [0.717, 1.165) is 29.8 Å². The predicted molar refractivity (Wildman–Crippen MR) is 87.8 cm³/mol. The summed E-state index contributed by atoms with van der Waals surface area (Å²) < 4.78 is 4.11. The van der Waals surface area contributed by atoms with Gasteiger partial charge in [-0.05, 0) is 39.8 Å². The number of fused-ring (bicyclic) bond motifs is 1. The first-order valence-electron chi connectivity index (χ1n) is 7.27. The first-order valence-corrected chi connectivity index (χ1v) is 8.09. The highest BCUT2D eigenvalue weighted by Gasteiger charge is 2.20. The summed E-state index contributed by atoms with van der Waals surface area (Å²) in [5.74, 6) is 0.577. The molecule has 0 aromatic carbocycles. The molecule has 0 spiro atoms. The Morgan fingerprint density at radius 3 is 2.71 bits per heavy atom. The van der Waals surface area contributed by atoms with Gasteiger partial charge in [-0.1, -0.05) is 0 Å². The zero-order valence-corrected chi connectivity index (χ0v) is 13.7. The van der Waals surface area contributed by atoms with Crippen molar-refractivity contribution in [1.82, 2.24) is 19.3 Å². The lowest BCUT2D eigenvalue weighted by atomic mass is 10.2. The SMILES string of the molecule is CCn1nc(C)c2nc(N)n(C(C)Cc3ccc(C)s3)c21. The van der Waals surface area contributed by atoms with Crippen LogP contribution < -0.4 is 5.73 Å². The monoisotopic (exact) mass is 303 g/mol. The molecule has 3 aromatic heterocycles. The first-order chi connectivity index (χ1) is 10.0. The highest BCUT2D eigenvalue weighted by molar-refractivity contribution is 7.11. The fraction of sp³-hybridized carbons (Fsp3) is 0.467. The molecule has 0 radical (unpaired) electrons. The predicted octanol–water partition coefficient (Wildman–Crippen LogP) is 3.32. The maximum Gasteiger partial charge on any atom is 0.202 e. The lowest BCUT2D eigenvalue weighted by Gasteiger charge is -2.15. The van der Waals surface area contributed by atoms with Gasteiger partial charge < -0.3 is 5.73 Å². The van der Waals surface area contributed by atoms with Gasteiger partial charge in [-0.2, -0.15) is 5.10 Å². The van der Waals surface area contributed by atoms with E-state index in [-0.39, 0.29) is 6.04 Å². The smallest absolute Gasteiger partial charge is 0.202 e. The Balaban J connectivity index is 2.04.